The van der Waals surface area contributed by atoms with Gasteiger partial charge in [-0.25, -0.2) is 19.2 Å². The third-order valence-corrected chi connectivity index (χ3v) is 6.53. The molecule has 0 heterocycles. The monoisotopic (exact) mass is 546 g/mol. The van der Waals surface area contributed by atoms with Crippen LogP contribution in [0.4, 0.5) is 0 Å². The van der Waals surface area contributed by atoms with Crippen LogP contribution in [0.15, 0.2) is 36.4 Å². The van der Waals surface area contributed by atoms with Crippen LogP contribution in [0, 0.1) is 0 Å². The van der Waals surface area contributed by atoms with E-state index in [1.165, 1.54) is 12.1 Å². The van der Waals surface area contributed by atoms with Gasteiger partial charge in [0, 0.05) is 0 Å². The van der Waals surface area contributed by atoms with Gasteiger partial charge in [0.2, 0.25) is 0 Å². The number of ether oxygens (including phenoxy) is 4. The molecule has 0 aliphatic heterocycles. The molecule has 0 N–H and O–H groups in total. The number of esters is 4. The van der Waals surface area contributed by atoms with Crippen molar-refractivity contribution in [3.05, 3.63) is 58.7 Å². The van der Waals surface area contributed by atoms with Crippen LogP contribution >= 0.6 is 0 Å². The minimum atomic E-state index is -0.575. The minimum Gasteiger partial charge on any atom is -0.462 e. The van der Waals surface area contributed by atoms with Gasteiger partial charge >= 0.3 is 23.9 Å². The first-order valence-electron chi connectivity index (χ1n) is 13.8. The molecule has 0 bridgehead atoms. The van der Waals surface area contributed by atoms with E-state index in [9.17, 15) is 19.2 Å². The van der Waals surface area contributed by atoms with Crippen LogP contribution in [0.25, 0.3) is 32.3 Å². The summed E-state index contributed by atoms with van der Waals surface area (Å²) in [5, 5.41) is 3.25. The zero-order valence-corrected chi connectivity index (χ0v) is 23.4. The number of rotatable bonds is 12. The maximum absolute atomic E-state index is 13.2. The quantitative estimate of drug-likeness (QED) is 0.108. The number of carbonyl (C=O) groups excluding carboxylic acids is 4. The molecule has 210 valence electrons. The van der Waals surface area contributed by atoms with E-state index in [1.54, 1.807) is 24.3 Å². The summed E-state index contributed by atoms with van der Waals surface area (Å²) in [6.45, 7) is 8.45. The molecule has 8 nitrogen and oxygen atoms in total. The maximum atomic E-state index is 13.2. The number of benzene rings is 4. The number of hydrogen-bond donors (Lipinski definition) is 0. The van der Waals surface area contributed by atoms with E-state index in [1.807, 2.05) is 27.7 Å². The smallest absolute Gasteiger partial charge is 0.338 e. The number of hydrogen-bond acceptors (Lipinski definition) is 8. The van der Waals surface area contributed by atoms with Gasteiger partial charge in [-0.15, -0.1) is 0 Å². The molecule has 40 heavy (non-hydrogen) atoms. The second-order valence-corrected chi connectivity index (χ2v) is 9.56. The summed E-state index contributed by atoms with van der Waals surface area (Å²) in [7, 11) is 0. The van der Waals surface area contributed by atoms with E-state index in [4.69, 9.17) is 18.9 Å². The molecule has 0 saturated heterocycles. The highest BCUT2D eigenvalue weighted by Gasteiger charge is 2.27. The Kier molecular flexibility index (Phi) is 9.19. The molecule has 4 aromatic rings. The second-order valence-electron chi connectivity index (χ2n) is 9.56. The van der Waals surface area contributed by atoms with Crippen LogP contribution in [0.2, 0.25) is 0 Å². The number of carbonyl (C=O) groups is 4. The zero-order chi connectivity index (χ0) is 28.8. The van der Waals surface area contributed by atoms with Gasteiger partial charge in [0.15, 0.2) is 0 Å². The first kappa shape index (κ1) is 28.8. The van der Waals surface area contributed by atoms with Gasteiger partial charge in [-0.3, -0.25) is 0 Å². The van der Waals surface area contributed by atoms with Crippen LogP contribution in [-0.4, -0.2) is 50.3 Å². The molecule has 0 fully saturated rings. The van der Waals surface area contributed by atoms with Crippen molar-refractivity contribution >= 4 is 56.2 Å². The van der Waals surface area contributed by atoms with E-state index in [0.717, 1.165) is 0 Å². The molecule has 0 spiro atoms. The lowest BCUT2D eigenvalue weighted by atomic mass is 9.86. The van der Waals surface area contributed by atoms with Crippen LogP contribution in [-0.2, 0) is 18.9 Å². The SMILES string of the molecule is CCCOC(=O)c1cc(C(=O)OCCC)c2ccc3c(C(=O)OCCC)cc(C(=O)OCCC)c4ccc1c2c43. The molecule has 0 aliphatic carbocycles. The molecular formula is C32H34O8. The summed E-state index contributed by atoms with van der Waals surface area (Å²) in [4.78, 5) is 52.8. The van der Waals surface area contributed by atoms with Crippen LogP contribution in [0.1, 0.15) is 94.8 Å². The van der Waals surface area contributed by atoms with Crippen LogP contribution in [0.3, 0.4) is 0 Å². The van der Waals surface area contributed by atoms with Gasteiger partial charge in [0.05, 0.1) is 48.7 Å². The summed E-state index contributed by atoms with van der Waals surface area (Å²) < 4.78 is 21.8. The summed E-state index contributed by atoms with van der Waals surface area (Å²) >= 11 is 0. The molecule has 0 unspecified atom stereocenters. The normalized spacial score (nSPS) is 11.2. The molecule has 0 radical (unpaired) electrons. The lowest BCUT2D eigenvalue weighted by Crippen LogP contribution is -2.14. The fourth-order valence-electron chi connectivity index (χ4n) is 4.76. The Balaban J connectivity index is 2.12. The molecule has 4 aromatic carbocycles. The third-order valence-electron chi connectivity index (χ3n) is 6.53. The van der Waals surface area contributed by atoms with E-state index in [0.29, 0.717) is 58.0 Å². The van der Waals surface area contributed by atoms with E-state index >= 15 is 0 Å². The molecule has 0 amide bonds. The van der Waals surface area contributed by atoms with Crippen LogP contribution in [0.5, 0.6) is 0 Å². The summed E-state index contributed by atoms with van der Waals surface area (Å²) in [6, 6.07) is 9.95. The molecule has 8 heteroatoms. The summed E-state index contributed by atoms with van der Waals surface area (Å²) in [5.74, 6) is -2.30. The van der Waals surface area contributed by atoms with Crippen molar-refractivity contribution in [1.82, 2.24) is 0 Å². The minimum absolute atomic E-state index is 0.202. The molecule has 4 rings (SSSR count). The second kappa shape index (κ2) is 12.8. The molecule has 0 saturated carbocycles. The molecule has 0 aliphatic rings. The van der Waals surface area contributed by atoms with Crippen molar-refractivity contribution in [2.24, 2.45) is 0 Å². The van der Waals surface area contributed by atoms with Gasteiger partial charge in [0.25, 0.3) is 0 Å². The predicted molar refractivity (Wildman–Crippen MR) is 152 cm³/mol. The first-order valence-corrected chi connectivity index (χ1v) is 13.8. The van der Waals surface area contributed by atoms with Gasteiger partial charge in [-0.1, -0.05) is 52.0 Å². The highest BCUT2D eigenvalue weighted by atomic mass is 16.5. The topological polar surface area (TPSA) is 105 Å². The fourth-order valence-corrected chi connectivity index (χ4v) is 4.76. The van der Waals surface area contributed by atoms with Crippen LogP contribution < -0.4 is 0 Å². The highest BCUT2D eigenvalue weighted by Crippen LogP contribution is 2.41. The Morgan fingerprint density at radius 1 is 0.450 bits per heavy atom. The average Bonchev–Trinajstić information content (AvgIpc) is 2.98. The average molecular weight is 547 g/mol. The standard InChI is InChI=1S/C32H34O8/c1-5-13-37-29(33)23-17-24(30(34)38-14-6-2)20-11-12-22-26(32(36)40-16-8-4)18-25(31(35)39-15-7-3)21-10-9-19(23)27(20)28(21)22/h9-12,17-18H,5-8,13-16H2,1-4H3. The maximum Gasteiger partial charge on any atom is 0.338 e. The van der Waals surface area contributed by atoms with Gasteiger partial charge in [0.1, 0.15) is 0 Å². The zero-order valence-electron chi connectivity index (χ0n) is 23.4. The van der Waals surface area contributed by atoms with Crippen molar-refractivity contribution in [1.29, 1.82) is 0 Å². The highest BCUT2D eigenvalue weighted by molar-refractivity contribution is 6.32. The molecular weight excluding hydrogens is 512 g/mol. The first-order chi connectivity index (χ1) is 19.4. The molecule has 0 aromatic heterocycles. The van der Waals surface area contributed by atoms with E-state index in [2.05, 4.69) is 0 Å². The third kappa shape index (κ3) is 5.43. The van der Waals surface area contributed by atoms with E-state index < -0.39 is 23.9 Å². The largest absolute Gasteiger partial charge is 0.462 e. The summed E-state index contributed by atoms with van der Waals surface area (Å²) in [6.07, 6.45) is 2.54. The molecule has 0 atom stereocenters. The van der Waals surface area contributed by atoms with Gasteiger partial charge < -0.3 is 18.9 Å². The Labute approximate surface area is 232 Å². The fraction of sp³-hybridized carbons (Fsp3) is 0.375. The van der Waals surface area contributed by atoms with Crippen molar-refractivity contribution in [2.75, 3.05) is 26.4 Å². The Bertz CT molecular complexity index is 1340. The lowest BCUT2D eigenvalue weighted by molar-refractivity contribution is 0.0488. The van der Waals surface area contributed by atoms with Crippen molar-refractivity contribution in [2.45, 2.75) is 53.4 Å². The predicted octanol–water partition coefficient (Wildman–Crippen LogP) is 6.85. The van der Waals surface area contributed by atoms with Crippen molar-refractivity contribution in [3.63, 3.8) is 0 Å². The van der Waals surface area contributed by atoms with Gasteiger partial charge in [-0.05, 0) is 70.1 Å². The van der Waals surface area contributed by atoms with Crippen molar-refractivity contribution < 1.29 is 38.1 Å². The van der Waals surface area contributed by atoms with E-state index in [-0.39, 0.29) is 48.7 Å². The lowest BCUT2D eigenvalue weighted by Gasteiger charge is -2.19. The Morgan fingerprint density at radius 2 is 0.675 bits per heavy atom. The Hall–Kier alpha value is -4.20. The van der Waals surface area contributed by atoms with Gasteiger partial charge in [-0.2, -0.15) is 0 Å². The van der Waals surface area contributed by atoms with Crippen molar-refractivity contribution in [3.8, 4) is 0 Å². The summed E-state index contributed by atoms with van der Waals surface area (Å²) in [5.41, 5.74) is 0.807. The Morgan fingerprint density at radius 3 is 0.875 bits per heavy atom.